The van der Waals surface area contributed by atoms with Crippen molar-refractivity contribution in [2.24, 2.45) is 0 Å². The molecule has 2 aromatic carbocycles. The first kappa shape index (κ1) is 18.2. The topological polar surface area (TPSA) is 71.3 Å². The number of amides is 2. The van der Waals surface area contributed by atoms with E-state index in [1.165, 1.54) is 11.3 Å². The summed E-state index contributed by atoms with van der Waals surface area (Å²) in [7, 11) is 0. The van der Waals surface area contributed by atoms with Gasteiger partial charge in [-0.05, 0) is 29.3 Å². The third-order valence-corrected chi connectivity index (χ3v) is 5.19. The van der Waals surface area contributed by atoms with Crippen LogP contribution in [0.3, 0.4) is 0 Å². The highest BCUT2D eigenvalue weighted by Gasteiger charge is 2.18. The smallest absolute Gasteiger partial charge is 0.322 e. The van der Waals surface area contributed by atoms with E-state index in [0.717, 1.165) is 27.8 Å². The Balaban J connectivity index is 1.51. The molecule has 4 rings (SSSR count). The maximum absolute atomic E-state index is 12.9. The SMILES string of the molecule is CCCN(Cc1nnc(-c2cccs2)o1)C(=O)Nc1cccc2ccccc12. The molecule has 0 aliphatic carbocycles. The van der Waals surface area contributed by atoms with Crippen LogP contribution in [0.2, 0.25) is 0 Å². The second kappa shape index (κ2) is 8.22. The molecule has 0 radical (unpaired) electrons. The Labute approximate surface area is 166 Å². The predicted octanol–water partition coefficient (Wildman–Crippen LogP) is 5.40. The first-order valence-corrected chi connectivity index (χ1v) is 10.0. The number of carbonyl (C=O) groups is 1. The van der Waals surface area contributed by atoms with Gasteiger partial charge in [0.25, 0.3) is 5.89 Å². The third-order valence-electron chi connectivity index (χ3n) is 4.34. The monoisotopic (exact) mass is 392 g/mol. The molecule has 0 saturated heterocycles. The molecule has 0 atom stereocenters. The van der Waals surface area contributed by atoms with E-state index in [9.17, 15) is 4.79 Å². The first-order valence-electron chi connectivity index (χ1n) is 9.14. The van der Waals surface area contributed by atoms with Gasteiger partial charge in [-0.25, -0.2) is 4.79 Å². The van der Waals surface area contributed by atoms with E-state index in [-0.39, 0.29) is 12.6 Å². The number of carbonyl (C=O) groups excluding carboxylic acids is 1. The van der Waals surface area contributed by atoms with E-state index in [1.807, 2.05) is 66.9 Å². The van der Waals surface area contributed by atoms with Crippen LogP contribution in [0.1, 0.15) is 19.2 Å². The zero-order chi connectivity index (χ0) is 19.3. The summed E-state index contributed by atoms with van der Waals surface area (Å²) in [6.45, 7) is 2.89. The summed E-state index contributed by atoms with van der Waals surface area (Å²) in [6.07, 6.45) is 0.828. The van der Waals surface area contributed by atoms with Crippen molar-refractivity contribution in [2.45, 2.75) is 19.9 Å². The van der Waals surface area contributed by atoms with Crippen LogP contribution >= 0.6 is 11.3 Å². The van der Waals surface area contributed by atoms with Gasteiger partial charge in [0.15, 0.2) is 0 Å². The fraction of sp³-hybridized carbons (Fsp3) is 0.190. The fourth-order valence-electron chi connectivity index (χ4n) is 3.03. The van der Waals surface area contributed by atoms with Crippen molar-refractivity contribution < 1.29 is 9.21 Å². The lowest BCUT2D eigenvalue weighted by molar-refractivity contribution is 0.203. The maximum atomic E-state index is 12.9. The van der Waals surface area contributed by atoms with Crippen LogP contribution in [0.15, 0.2) is 64.4 Å². The van der Waals surface area contributed by atoms with E-state index < -0.39 is 0 Å². The Bertz CT molecular complexity index is 1070. The first-order chi connectivity index (χ1) is 13.7. The van der Waals surface area contributed by atoms with Crippen LogP contribution in [0, 0.1) is 0 Å². The number of aromatic nitrogens is 2. The van der Waals surface area contributed by atoms with Gasteiger partial charge in [0.05, 0.1) is 10.6 Å². The summed E-state index contributed by atoms with van der Waals surface area (Å²) in [5.41, 5.74) is 0.786. The number of rotatable bonds is 6. The number of thiophene rings is 1. The quantitative estimate of drug-likeness (QED) is 0.477. The number of nitrogens with one attached hydrogen (secondary N) is 1. The van der Waals surface area contributed by atoms with E-state index in [1.54, 1.807) is 4.90 Å². The average molecular weight is 392 g/mol. The standard InChI is InChI=1S/C21H20N4O2S/c1-2-12-25(14-19-23-24-20(27-19)18-11-6-13-28-18)21(26)22-17-10-5-8-15-7-3-4-9-16(15)17/h3-11,13H,2,12,14H2,1H3,(H,22,26). The second-order valence-corrected chi connectivity index (χ2v) is 7.30. The largest absolute Gasteiger partial charge is 0.418 e. The molecule has 0 aliphatic rings. The molecule has 0 unspecified atom stereocenters. The van der Waals surface area contributed by atoms with E-state index in [2.05, 4.69) is 15.5 Å². The molecule has 28 heavy (non-hydrogen) atoms. The highest BCUT2D eigenvalue weighted by atomic mass is 32.1. The van der Waals surface area contributed by atoms with E-state index >= 15 is 0 Å². The highest BCUT2D eigenvalue weighted by Crippen LogP contribution is 2.25. The second-order valence-electron chi connectivity index (χ2n) is 6.36. The minimum atomic E-state index is -0.186. The number of nitrogens with zero attached hydrogens (tertiary/aromatic N) is 3. The van der Waals surface area contributed by atoms with Crippen LogP contribution in [0.4, 0.5) is 10.5 Å². The summed E-state index contributed by atoms with van der Waals surface area (Å²) in [6, 6.07) is 17.5. The molecule has 6 nitrogen and oxygen atoms in total. The predicted molar refractivity (Wildman–Crippen MR) is 111 cm³/mol. The minimum absolute atomic E-state index is 0.186. The van der Waals surface area contributed by atoms with Gasteiger partial charge in [0.2, 0.25) is 5.89 Å². The van der Waals surface area contributed by atoms with Crippen LogP contribution < -0.4 is 5.32 Å². The Hall–Kier alpha value is -3.19. The van der Waals surface area contributed by atoms with Crippen molar-refractivity contribution in [3.05, 3.63) is 65.9 Å². The maximum Gasteiger partial charge on any atom is 0.322 e. The van der Waals surface area contributed by atoms with Crippen LogP contribution in [0.25, 0.3) is 21.5 Å². The molecule has 7 heteroatoms. The molecule has 0 spiro atoms. The molecule has 142 valence electrons. The molecule has 2 aromatic heterocycles. The Morgan fingerprint density at radius 3 is 2.79 bits per heavy atom. The van der Waals surface area contributed by atoms with Crippen molar-refractivity contribution in [2.75, 3.05) is 11.9 Å². The van der Waals surface area contributed by atoms with Crippen molar-refractivity contribution in [1.82, 2.24) is 15.1 Å². The summed E-state index contributed by atoms with van der Waals surface area (Å²) < 4.78 is 5.74. The molecule has 0 saturated carbocycles. The molecular formula is C21H20N4O2S. The van der Waals surface area contributed by atoms with Gasteiger partial charge in [-0.2, -0.15) is 0 Å². The highest BCUT2D eigenvalue weighted by molar-refractivity contribution is 7.13. The van der Waals surface area contributed by atoms with Crippen LogP contribution in [-0.2, 0) is 6.54 Å². The lowest BCUT2D eigenvalue weighted by Gasteiger charge is -2.21. The molecule has 1 N–H and O–H groups in total. The lowest BCUT2D eigenvalue weighted by Crippen LogP contribution is -2.35. The normalized spacial score (nSPS) is 10.9. The average Bonchev–Trinajstić information content (AvgIpc) is 3.40. The zero-order valence-corrected chi connectivity index (χ0v) is 16.3. The van der Waals surface area contributed by atoms with Gasteiger partial charge in [0, 0.05) is 11.9 Å². The van der Waals surface area contributed by atoms with Gasteiger partial charge >= 0.3 is 6.03 Å². The van der Waals surface area contributed by atoms with Gasteiger partial charge in [-0.1, -0.05) is 49.4 Å². The number of urea groups is 1. The summed E-state index contributed by atoms with van der Waals surface area (Å²) in [5.74, 6) is 0.904. The molecule has 2 amide bonds. The Morgan fingerprint density at radius 1 is 1.11 bits per heavy atom. The summed E-state index contributed by atoms with van der Waals surface area (Å²) in [5, 5.41) is 15.3. The molecule has 0 fully saturated rings. The Morgan fingerprint density at radius 2 is 1.96 bits per heavy atom. The molecule has 2 heterocycles. The zero-order valence-electron chi connectivity index (χ0n) is 15.5. The number of fused-ring (bicyclic) bond motifs is 1. The van der Waals surface area contributed by atoms with Crippen LogP contribution in [0.5, 0.6) is 0 Å². The van der Waals surface area contributed by atoms with Gasteiger partial charge in [-0.3, -0.25) is 0 Å². The number of hydrogen-bond donors (Lipinski definition) is 1. The fourth-order valence-corrected chi connectivity index (χ4v) is 3.68. The summed E-state index contributed by atoms with van der Waals surface area (Å²) in [4.78, 5) is 15.5. The Kier molecular flexibility index (Phi) is 5.34. The van der Waals surface area contributed by atoms with Crippen molar-refractivity contribution in [3.8, 4) is 10.8 Å². The van der Waals surface area contributed by atoms with Crippen molar-refractivity contribution in [1.29, 1.82) is 0 Å². The lowest BCUT2D eigenvalue weighted by atomic mass is 10.1. The third kappa shape index (κ3) is 3.89. The van der Waals surface area contributed by atoms with E-state index in [4.69, 9.17) is 4.42 Å². The number of benzene rings is 2. The summed E-state index contributed by atoms with van der Waals surface area (Å²) >= 11 is 1.54. The molecule has 0 aliphatic heterocycles. The molecule has 0 bridgehead atoms. The van der Waals surface area contributed by atoms with E-state index in [0.29, 0.717) is 18.3 Å². The molecule has 4 aromatic rings. The van der Waals surface area contributed by atoms with Crippen LogP contribution in [-0.4, -0.2) is 27.7 Å². The van der Waals surface area contributed by atoms with Crippen molar-refractivity contribution >= 4 is 33.8 Å². The minimum Gasteiger partial charge on any atom is -0.418 e. The van der Waals surface area contributed by atoms with Gasteiger partial charge in [0.1, 0.15) is 6.54 Å². The number of anilines is 1. The van der Waals surface area contributed by atoms with Gasteiger partial charge in [-0.15, -0.1) is 21.5 Å². The van der Waals surface area contributed by atoms with Crippen molar-refractivity contribution in [3.63, 3.8) is 0 Å². The molecular weight excluding hydrogens is 372 g/mol. The number of hydrogen-bond acceptors (Lipinski definition) is 5. The van der Waals surface area contributed by atoms with Gasteiger partial charge < -0.3 is 14.6 Å².